The Bertz CT molecular complexity index is 841. The molecule has 146 valence electrons. The summed E-state index contributed by atoms with van der Waals surface area (Å²) in [6.45, 7) is 6.47. The molecule has 8 nitrogen and oxygen atoms in total. The van der Waals surface area contributed by atoms with Gasteiger partial charge in [0.2, 0.25) is 0 Å². The largest absolute Gasteiger partial charge is 0.350 e. The highest BCUT2D eigenvalue weighted by Gasteiger charge is 2.29. The standard InChI is InChI=1S/C19H28N6O2/c1-5-24-11-10-17(12-14(24)2)23(4)18(26)21-15-6-8-16(9-7-15)25-19(27)22(3)13-20-25/h6-9,13-14,17H,5,10-12H2,1-4H3,(H,21,26). The van der Waals surface area contributed by atoms with Gasteiger partial charge in [0.25, 0.3) is 0 Å². The number of aryl methyl sites for hydroxylation is 1. The molecule has 2 aromatic rings. The van der Waals surface area contributed by atoms with Crippen LogP contribution < -0.4 is 11.0 Å². The second-order valence-corrected chi connectivity index (χ2v) is 7.18. The second kappa shape index (κ2) is 7.96. The van der Waals surface area contributed by atoms with Crippen LogP contribution in [0.1, 0.15) is 26.7 Å². The van der Waals surface area contributed by atoms with Crippen LogP contribution in [0, 0.1) is 0 Å². The Labute approximate surface area is 159 Å². The van der Waals surface area contributed by atoms with Crippen LogP contribution in [-0.2, 0) is 7.05 Å². The Morgan fingerprint density at radius 1 is 1.33 bits per heavy atom. The molecular weight excluding hydrogens is 344 g/mol. The van der Waals surface area contributed by atoms with Crippen molar-refractivity contribution in [2.24, 2.45) is 7.05 Å². The van der Waals surface area contributed by atoms with E-state index in [1.54, 1.807) is 36.2 Å². The van der Waals surface area contributed by atoms with E-state index in [-0.39, 0.29) is 17.8 Å². The summed E-state index contributed by atoms with van der Waals surface area (Å²) in [7, 11) is 3.51. The van der Waals surface area contributed by atoms with E-state index in [4.69, 9.17) is 0 Å². The van der Waals surface area contributed by atoms with Crippen molar-refractivity contribution in [2.45, 2.75) is 38.8 Å². The number of rotatable bonds is 4. The topological polar surface area (TPSA) is 75.4 Å². The predicted octanol–water partition coefficient (Wildman–Crippen LogP) is 1.91. The molecule has 0 aliphatic carbocycles. The first-order chi connectivity index (χ1) is 12.9. The molecule has 0 radical (unpaired) electrons. The van der Waals surface area contributed by atoms with E-state index in [0.717, 1.165) is 25.9 Å². The molecule has 1 fully saturated rings. The fraction of sp³-hybridized carbons (Fsp3) is 0.526. The Morgan fingerprint density at radius 2 is 2.04 bits per heavy atom. The van der Waals surface area contributed by atoms with Crippen LogP contribution in [0.2, 0.25) is 0 Å². The minimum Gasteiger partial charge on any atom is -0.325 e. The number of carbonyl (C=O) groups excluding carboxylic acids is 1. The first-order valence-electron chi connectivity index (χ1n) is 9.39. The third-order valence-electron chi connectivity index (χ3n) is 5.45. The van der Waals surface area contributed by atoms with Crippen LogP contribution in [0.5, 0.6) is 0 Å². The van der Waals surface area contributed by atoms with Crippen LogP contribution in [0.25, 0.3) is 5.69 Å². The summed E-state index contributed by atoms with van der Waals surface area (Å²) in [4.78, 5) is 28.8. The van der Waals surface area contributed by atoms with Gasteiger partial charge in [-0.3, -0.25) is 4.57 Å². The maximum Gasteiger partial charge on any atom is 0.350 e. The molecule has 1 aliphatic heterocycles. The Morgan fingerprint density at radius 3 is 2.59 bits per heavy atom. The molecule has 3 rings (SSSR count). The van der Waals surface area contributed by atoms with Crippen molar-refractivity contribution in [3.63, 3.8) is 0 Å². The fourth-order valence-electron chi connectivity index (χ4n) is 3.64. The molecule has 1 saturated heterocycles. The number of carbonyl (C=O) groups is 1. The van der Waals surface area contributed by atoms with Gasteiger partial charge < -0.3 is 15.1 Å². The van der Waals surface area contributed by atoms with Gasteiger partial charge >= 0.3 is 11.7 Å². The Balaban J connectivity index is 1.62. The zero-order chi connectivity index (χ0) is 19.6. The zero-order valence-corrected chi connectivity index (χ0v) is 16.4. The molecule has 2 unspecified atom stereocenters. The summed E-state index contributed by atoms with van der Waals surface area (Å²) in [5.41, 5.74) is 1.14. The molecule has 8 heteroatoms. The quantitative estimate of drug-likeness (QED) is 0.890. The van der Waals surface area contributed by atoms with E-state index in [2.05, 4.69) is 29.2 Å². The SMILES string of the molecule is CCN1CCC(N(C)C(=O)Nc2ccc(-n3ncn(C)c3=O)cc2)CC1C. The summed E-state index contributed by atoms with van der Waals surface area (Å²) < 4.78 is 2.73. The number of piperidine rings is 1. The third kappa shape index (κ3) is 4.05. The predicted molar refractivity (Wildman–Crippen MR) is 105 cm³/mol. The summed E-state index contributed by atoms with van der Waals surface area (Å²) in [5, 5.41) is 6.99. The van der Waals surface area contributed by atoms with Crippen LogP contribution in [0.4, 0.5) is 10.5 Å². The van der Waals surface area contributed by atoms with Gasteiger partial charge in [0.1, 0.15) is 6.33 Å². The highest BCUT2D eigenvalue weighted by atomic mass is 16.2. The average Bonchev–Trinajstić information content (AvgIpc) is 3.00. The molecule has 2 heterocycles. The summed E-state index contributed by atoms with van der Waals surface area (Å²) >= 11 is 0. The lowest BCUT2D eigenvalue weighted by Crippen LogP contribution is -2.50. The van der Waals surface area contributed by atoms with E-state index >= 15 is 0 Å². The van der Waals surface area contributed by atoms with E-state index in [9.17, 15) is 9.59 Å². The third-order valence-corrected chi connectivity index (χ3v) is 5.45. The van der Waals surface area contributed by atoms with Gasteiger partial charge in [-0.15, -0.1) is 0 Å². The lowest BCUT2D eigenvalue weighted by molar-refractivity contribution is 0.104. The molecule has 1 aromatic heterocycles. The second-order valence-electron chi connectivity index (χ2n) is 7.18. The van der Waals surface area contributed by atoms with Crippen LogP contribution in [0.3, 0.4) is 0 Å². The number of hydrogen-bond acceptors (Lipinski definition) is 4. The number of hydrogen-bond donors (Lipinski definition) is 1. The monoisotopic (exact) mass is 372 g/mol. The number of nitrogens with zero attached hydrogens (tertiary/aromatic N) is 5. The number of benzene rings is 1. The maximum atomic E-state index is 12.6. The van der Waals surface area contributed by atoms with Crippen LogP contribution >= 0.6 is 0 Å². The molecule has 27 heavy (non-hydrogen) atoms. The Kier molecular flexibility index (Phi) is 5.65. The normalized spacial score (nSPS) is 20.4. The number of anilines is 1. The number of amides is 2. The van der Waals surface area contributed by atoms with Crippen molar-refractivity contribution < 1.29 is 4.79 Å². The number of aromatic nitrogens is 3. The fourth-order valence-corrected chi connectivity index (χ4v) is 3.64. The highest BCUT2D eigenvalue weighted by Crippen LogP contribution is 2.21. The molecule has 1 aliphatic rings. The van der Waals surface area contributed by atoms with Gasteiger partial charge in [0.05, 0.1) is 5.69 Å². The van der Waals surface area contributed by atoms with Crippen molar-refractivity contribution in [2.75, 3.05) is 25.5 Å². The van der Waals surface area contributed by atoms with E-state index in [1.807, 2.05) is 7.05 Å². The molecule has 0 spiro atoms. The zero-order valence-electron chi connectivity index (χ0n) is 16.4. The first kappa shape index (κ1) is 19.2. The molecular formula is C19H28N6O2. The van der Waals surface area contributed by atoms with Gasteiger partial charge in [-0.25, -0.2) is 9.59 Å². The van der Waals surface area contributed by atoms with Crippen molar-refractivity contribution >= 4 is 11.7 Å². The van der Waals surface area contributed by atoms with Gasteiger partial charge in [-0.05, 0) is 50.6 Å². The summed E-state index contributed by atoms with van der Waals surface area (Å²) in [6, 6.07) is 7.72. The Hall–Kier alpha value is -2.61. The van der Waals surface area contributed by atoms with Crippen molar-refractivity contribution in [3.8, 4) is 5.69 Å². The molecule has 2 atom stereocenters. The van der Waals surface area contributed by atoms with Gasteiger partial charge in [0.15, 0.2) is 0 Å². The highest BCUT2D eigenvalue weighted by molar-refractivity contribution is 5.89. The number of nitrogens with one attached hydrogen (secondary N) is 1. The number of urea groups is 1. The van der Waals surface area contributed by atoms with Gasteiger partial charge in [-0.2, -0.15) is 9.78 Å². The molecule has 2 amide bonds. The smallest absolute Gasteiger partial charge is 0.325 e. The maximum absolute atomic E-state index is 12.6. The van der Waals surface area contributed by atoms with Gasteiger partial charge in [-0.1, -0.05) is 6.92 Å². The summed E-state index contributed by atoms with van der Waals surface area (Å²) in [5.74, 6) is 0. The lowest BCUT2D eigenvalue weighted by atomic mass is 9.97. The van der Waals surface area contributed by atoms with Crippen LogP contribution in [0.15, 0.2) is 35.4 Å². The van der Waals surface area contributed by atoms with E-state index in [1.165, 1.54) is 15.6 Å². The number of likely N-dealkylation sites (tertiary alicyclic amines) is 1. The van der Waals surface area contributed by atoms with Crippen molar-refractivity contribution in [1.29, 1.82) is 0 Å². The molecule has 0 saturated carbocycles. The lowest BCUT2D eigenvalue weighted by Gasteiger charge is -2.40. The molecule has 1 aromatic carbocycles. The van der Waals surface area contributed by atoms with Crippen molar-refractivity contribution in [1.82, 2.24) is 24.1 Å². The first-order valence-corrected chi connectivity index (χ1v) is 9.39. The summed E-state index contributed by atoms with van der Waals surface area (Å²) in [6.07, 6.45) is 3.45. The van der Waals surface area contributed by atoms with Crippen molar-refractivity contribution in [3.05, 3.63) is 41.1 Å². The van der Waals surface area contributed by atoms with E-state index in [0.29, 0.717) is 17.4 Å². The molecule has 0 bridgehead atoms. The minimum absolute atomic E-state index is 0.111. The van der Waals surface area contributed by atoms with Gasteiger partial charge in [0, 0.05) is 38.4 Å². The minimum atomic E-state index is -0.209. The average molecular weight is 372 g/mol. The molecule has 1 N–H and O–H groups in total. The van der Waals surface area contributed by atoms with E-state index < -0.39 is 0 Å². The van der Waals surface area contributed by atoms with Crippen LogP contribution in [-0.4, -0.2) is 62.4 Å².